The summed E-state index contributed by atoms with van der Waals surface area (Å²) in [6.07, 6.45) is 1.06. The maximum atomic E-state index is 5.64. The fourth-order valence-corrected chi connectivity index (χ4v) is 4.59. The molecular weight excluding hydrogens is 464 g/mol. The molecule has 0 bridgehead atoms. The molecule has 31 heavy (non-hydrogen) atoms. The molecule has 1 fully saturated rings. The van der Waals surface area contributed by atoms with Crippen LogP contribution in [0.25, 0.3) is 0 Å². The number of rotatable bonds is 8. The Morgan fingerprint density at radius 1 is 0.774 bits per heavy atom. The van der Waals surface area contributed by atoms with Gasteiger partial charge in [0.05, 0.1) is 41.6 Å². The van der Waals surface area contributed by atoms with Crippen LogP contribution >= 0.6 is 15.9 Å². The molecule has 1 N–H and O–H groups in total. The largest absolute Gasteiger partial charge is 0.493 e. The maximum Gasteiger partial charge on any atom is 0.203 e. The molecule has 0 radical (unpaired) electrons. The van der Waals surface area contributed by atoms with Gasteiger partial charge in [-0.05, 0) is 48.4 Å². The summed E-state index contributed by atoms with van der Waals surface area (Å²) in [6, 6.07) is 7.98. The molecule has 1 aliphatic rings. The summed E-state index contributed by atoms with van der Waals surface area (Å²) in [7, 11) is 8.18. The molecule has 7 nitrogen and oxygen atoms in total. The smallest absolute Gasteiger partial charge is 0.203 e. The number of hydrogen-bond acceptors (Lipinski definition) is 7. The Bertz CT molecular complexity index is 860. The van der Waals surface area contributed by atoms with Gasteiger partial charge in [-0.15, -0.1) is 0 Å². The lowest BCUT2D eigenvalue weighted by atomic mass is 9.95. The molecule has 0 saturated carbocycles. The fraction of sp³-hybridized carbons (Fsp3) is 0.478. The van der Waals surface area contributed by atoms with Crippen molar-refractivity contribution in [1.29, 1.82) is 0 Å². The molecule has 0 aliphatic carbocycles. The Labute approximate surface area is 192 Å². The summed E-state index contributed by atoms with van der Waals surface area (Å²) >= 11 is 3.77. The van der Waals surface area contributed by atoms with Crippen LogP contribution < -0.4 is 29.0 Å². The first kappa shape index (κ1) is 23.5. The highest BCUT2D eigenvalue weighted by atomic mass is 79.9. The van der Waals surface area contributed by atoms with E-state index in [9.17, 15) is 0 Å². The summed E-state index contributed by atoms with van der Waals surface area (Å²) < 4.78 is 28.9. The molecule has 170 valence electrons. The standard InChI is InChI=1S/C23H31BrN2O5/c1-27-18-13-16(17(24)14-19(18)28-2)22(26-9-6-7-25-8-10-26)15-11-20(29-3)23(31-5)21(12-15)30-4/h11-14,22,25H,6-10H2,1-5H3. The van der Waals surface area contributed by atoms with E-state index >= 15 is 0 Å². The number of methoxy groups -OCH3 is 5. The zero-order valence-corrected chi connectivity index (χ0v) is 20.4. The monoisotopic (exact) mass is 494 g/mol. The van der Waals surface area contributed by atoms with Crippen molar-refractivity contribution in [3.8, 4) is 28.7 Å². The van der Waals surface area contributed by atoms with Crippen molar-refractivity contribution in [2.45, 2.75) is 12.5 Å². The van der Waals surface area contributed by atoms with Gasteiger partial charge in [0.2, 0.25) is 5.75 Å². The highest BCUT2D eigenvalue weighted by Gasteiger charge is 2.29. The average molecular weight is 495 g/mol. The number of nitrogens with zero attached hydrogens (tertiary/aromatic N) is 1. The van der Waals surface area contributed by atoms with E-state index in [2.05, 4.69) is 26.1 Å². The van der Waals surface area contributed by atoms with E-state index in [1.165, 1.54) is 0 Å². The molecule has 1 unspecified atom stereocenters. The number of benzene rings is 2. The van der Waals surface area contributed by atoms with E-state index in [0.717, 1.165) is 48.2 Å². The first-order chi connectivity index (χ1) is 15.1. The van der Waals surface area contributed by atoms with Crippen molar-refractivity contribution in [2.75, 3.05) is 61.7 Å². The average Bonchev–Trinajstić information content (AvgIpc) is 3.08. The summed E-state index contributed by atoms with van der Waals surface area (Å²) in [6.45, 7) is 3.79. The van der Waals surface area contributed by atoms with Gasteiger partial charge in [-0.25, -0.2) is 0 Å². The van der Waals surface area contributed by atoms with Gasteiger partial charge in [0.25, 0.3) is 0 Å². The van der Waals surface area contributed by atoms with Crippen LogP contribution in [0.3, 0.4) is 0 Å². The van der Waals surface area contributed by atoms with Gasteiger partial charge in [-0.1, -0.05) is 15.9 Å². The molecule has 1 aliphatic heterocycles. The third-order valence-electron chi connectivity index (χ3n) is 5.54. The van der Waals surface area contributed by atoms with E-state index in [0.29, 0.717) is 28.7 Å². The quantitative estimate of drug-likeness (QED) is 0.597. The van der Waals surface area contributed by atoms with Crippen molar-refractivity contribution in [2.24, 2.45) is 0 Å². The van der Waals surface area contributed by atoms with E-state index in [-0.39, 0.29) is 6.04 Å². The minimum absolute atomic E-state index is 0.0530. The van der Waals surface area contributed by atoms with Gasteiger partial charge >= 0.3 is 0 Å². The van der Waals surface area contributed by atoms with E-state index in [1.807, 2.05) is 24.3 Å². The van der Waals surface area contributed by atoms with Gasteiger partial charge in [0.1, 0.15) is 0 Å². The fourth-order valence-electron chi connectivity index (χ4n) is 4.05. The van der Waals surface area contributed by atoms with Gasteiger partial charge in [-0.3, -0.25) is 4.90 Å². The lowest BCUT2D eigenvalue weighted by Crippen LogP contribution is -2.33. The summed E-state index contributed by atoms with van der Waals surface area (Å²) in [5, 5.41) is 3.49. The van der Waals surface area contributed by atoms with Gasteiger partial charge in [0, 0.05) is 24.1 Å². The zero-order chi connectivity index (χ0) is 22.4. The maximum absolute atomic E-state index is 5.64. The molecule has 0 aromatic heterocycles. The number of ether oxygens (including phenoxy) is 5. The Hall–Kier alpha value is -2.16. The normalized spacial score (nSPS) is 15.7. The summed E-state index contributed by atoms with van der Waals surface area (Å²) in [4.78, 5) is 2.46. The van der Waals surface area contributed by atoms with Crippen molar-refractivity contribution < 1.29 is 23.7 Å². The molecule has 8 heteroatoms. The number of hydrogen-bond donors (Lipinski definition) is 1. The second kappa shape index (κ2) is 10.9. The SMILES string of the molecule is COc1cc(Br)c(C(c2cc(OC)c(OC)c(OC)c2)N2CCCNCC2)cc1OC. The zero-order valence-electron chi connectivity index (χ0n) is 18.8. The molecule has 2 aromatic rings. The van der Waals surface area contributed by atoms with Crippen molar-refractivity contribution >= 4 is 15.9 Å². The van der Waals surface area contributed by atoms with Crippen LogP contribution in [0.5, 0.6) is 28.7 Å². The van der Waals surface area contributed by atoms with E-state index < -0.39 is 0 Å². The Morgan fingerprint density at radius 2 is 1.39 bits per heavy atom. The van der Waals surface area contributed by atoms with Crippen LogP contribution in [0.4, 0.5) is 0 Å². The molecule has 1 atom stereocenters. The molecule has 0 amide bonds. The third kappa shape index (κ3) is 5.02. The predicted octanol–water partition coefficient (Wildman–Crippen LogP) is 3.88. The van der Waals surface area contributed by atoms with Crippen LogP contribution in [-0.4, -0.2) is 66.6 Å². The molecular formula is C23H31BrN2O5. The second-order valence-electron chi connectivity index (χ2n) is 7.23. The van der Waals surface area contributed by atoms with Crippen LogP contribution in [0.1, 0.15) is 23.6 Å². The lowest BCUT2D eigenvalue weighted by Gasteiger charge is -2.33. The first-order valence-electron chi connectivity index (χ1n) is 10.2. The minimum Gasteiger partial charge on any atom is -0.493 e. The lowest BCUT2D eigenvalue weighted by molar-refractivity contribution is 0.238. The highest BCUT2D eigenvalue weighted by molar-refractivity contribution is 9.10. The van der Waals surface area contributed by atoms with E-state index in [1.54, 1.807) is 35.5 Å². The first-order valence-corrected chi connectivity index (χ1v) is 11.0. The predicted molar refractivity (Wildman–Crippen MR) is 124 cm³/mol. The molecule has 1 saturated heterocycles. The van der Waals surface area contributed by atoms with Crippen LogP contribution in [0.15, 0.2) is 28.7 Å². The Kier molecular flexibility index (Phi) is 8.28. The van der Waals surface area contributed by atoms with Crippen molar-refractivity contribution in [3.63, 3.8) is 0 Å². The molecule has 0 spiro atoms. The van der Waals surface area contributed by atoms with Crippen LogP contribution in [0.2, 0.25) is 0 Å². The van der Waals surface area contributed by atoms with Gasteiger partial charge in [0.15, 0.2) is 23.0 Å². The van der Waals surface area contributed by atoms with Crippen LogP contribution in [-0.2, 0) is 0 Å². The highest BCUT2D eigenvalue weighted by Crippen LogP contribution is 2.45. The Balaban J connectivity index is 2.21. The molecule has 2 aromatic carbocycles. The van der Waals surface area contributed by atoms with Crippen molar-refractivity contribution in [1.82, 2.24) is 10.2 Å². The van der Waals surface area contributed by atoms with Gasteiger partial charge < -0.3 is 29.0 Å². The third-order valence-corrected chi connectivity index (χ3v) is 6.23. The van der Waals surface area contributed by atoms with Crippen LogP contribution in [0, 0.1) is 0 Å². The number of halogens is 1. The second-order valence-corrected chi connectivity index (χ2v) is 8.08. The molecule has 3 rings (SSSR count). The number of nitrogens with one attached hydrogen (secondary N) is 1. The summed E-state index contributed by atoms with van der Waals surface area (Å²) in [5.74, 6) is 3.21. The van der Waals surface area contributed by atoms with E-state index in [4.69, 9.17) is 23.7 Å². The Morgan fingerprint density at radius 3 is 1.97 bits per heavy atom. The van der Waals surface area contributed by atoms with Crippen molar-refractivity contribution in [3.05, 3.63) is 39.9 Å². The topological polar surface area (TPSA) is 61.4 Å². The summed E-state index contributed by atoms with van der Waals surface area (Å²) in [5.41, 5.74) is 2.12. The molecule has 1 heterocycles. The minimum atomic E-state index is -0.0530. The van der Waals surface area contributed by atoms with Gasteiger partial charge in [-0.2, -0.15) is 0 Å².